The Morgan fingerprint density at radius 3 is 2.09 bits per heavy atom. The van der Waals surface area contributed by atoms with Crippen molar-refractivity contribution in [1.82, 2.24) is 0 Å². The summed E-state index contributed by atoms with van der Waals surface area (Å²) in [5, 5.41) is 3.48. The second kappa shape index (κ2) is 9.94. The van der Waals surface area contributed by atoms with Crippen LogP contribution in [-0.2, 0) is 13.0 Å². The molecule has 2 aromatic carbocycles. The van der Waals surface area contributed by atoms with Gasteiger partial charge in [-0.3, -0.25) is 0 Å². The van der Waals surface area contributed by atoms with Gasteiger partial charge in [-0.05, 0) is 54.7 Å². The summed E-state index contributed by atoms with van der Waals surface area (Å²) in [5.41, 5.74) is 3.86. The fourth-order valence-corrected chi connectivity index (χ4v) is 2.41. The normalized spacial score (nSPS) is 10.5. The molecule has 0 spiro atoms. The maximum absolute atomic E-state index is 5.69. The van der Waals surface area contributed by atoms with Crippen molar-refractivity contribution in [1.29, 1.82) is 0 Å². The summed E-state index contributed by atoms with van der Waals surface area (Å²) in [7, 11) is 0. The van der Waals surface area contributed by atoms with E-state index in [-0.39, 0.29) is 0 Å². The van der Waals surface area contributed by atoms with Crippen LogP contribution in [0.3, 0.4) is 0 Å². The SMILES string of the molecule is CCCCOc1ccc(CNc2ccc(CCCC)cc2)cc1. The van der Waals surface area contributed by atoms with Gasteiger partial charge < -0.3 is 10.1 Å². The first-order valence-electron chi connectivity index (χ1n) is 8.86. The Kier molecular flexibility index (Phi) is 7.51. The summed E-state index contributed by atoms with van der Waals surface area (Å²) >= 11 is 0. The van der Waals surface area contributed by atoms with E-state index in [1.54, 1.807) is 0 Å². The van der Waals surface area contributed by atoms with Gasteiger partial charge in [0.2, 0.25) is 0 Å². The number of ether oxygens (including phenoxy) is 1. The molecule has 0 heterocycles. The van der Waals surface area contributed by atoms with Crippen LogP contribution in [0.5, 0.6) is 5.75 Å². The predicted molar refractivity (Wildman–Crippen MR) is 99.2 cm³/mol. The summed E-state index contributed by atoms with van der Waals surface area (Å²) in [6.07, 6.45) is 5.96. The topological polar surface area (TPSA) is 21.3 Å². The Balaban J connectivity index is 1.78. The molecule has 0 saturated heterocycles. The van der Waals surface area contributed by atoms with E-state index in [4.69, 9.17) is 4.74 Å². The molecule has 0 fully saturated rings. The Bertz CT molecular complexity index is 545. The predicted octanol–water partition coefficient (Wildman–Crippen LogP) is 5.82. The lowest BCUT2D eigenvalue weighted by atomic mass is 10.1. The van der Waals surface area contributed by atoms with Crippen molar-refractivity contribution in [2.75, 3.05) is 11.9 Å². The zero-order valence-electron chi connectivity index (χ0n) is 14.5. The van der Waals surface area contributed by atoms with Gasteiger partial charge in [0.05, 0.1) is 6.61 Å². The third-order valence-corrected chi connectivity index (χ3v) is 3.96. The van der Waals surface area contributed by atoms with Gasteiger partial charge in [-0.1, -0.05) is 51.0 Å². The molecular weight excluding hydrogens is 282 g/mol. The van der Waals surface area contributed by atoms with Crippen LogP contribution in [0.4, 0.5) is 5.69 Å². The third kappa shape index (κ3) is 6.35. The minimum atomic E-state index is 0.804. The monoisotopic (exact) mass is 311 g/mol. The van der Waals surface area contributed by atoms with Crippen LogP contribution in [0, 0.1) is 0 Å². The second-order valence-corrected chi connectivity index (χ2v) is 6.00. The molecule has 0 saturated carbocycles. The highest BCUT2D eigenvalue weighted by Gasteiger charge is 1.98. The molecule has 1 N–H and O–H groups in total. The van der Waals surface area contributed by atoms with E-state index >= 15 is 0 Å². The average Bonchev–Trinajstić information content (AvgIpc) is 2.60. The lowest BCUT2D eigenvalue weighted by Crippen LogP contribution is -2.00. The summed E-state index contributed by atoms with van der Waals surface area (Å²) < 4.78 is 5.69. The molecule has 0 unspecified atom stereocenters. The van der Waals surface area contributed by atoms with Crippen LogP contribution in [0.15, 0.2) is 48.5 Å². The van der Waals surface area contributed by atoms with Gasteiger partial charge in [-0.2, -0.15) is 0 Å². The second-order valence-electron chi connectivity index (χ2n) is 6.00. The van der Waals surface area contributed by atoms with Gasteiger partial charge in [0.15, 0.2) is 0 Å². The van der Waals surface area contributed by atoms with Crippen LogP contribution in [-0.4, -0.2) is 6.61 Å². The summed E-state index contributed by atoms with van der Waals surface area (Å²) in [5.74, 6) is 0.961. The van der Waals surface area contributed by atoms with Crippen molar-refractivity contribution in [3.8, 4) is 5.75 Å². The van der Waals surface area contributed by atoms with E-state index in [2.05, 4.69) is 67.7 Å². The molecule has 0 amide bonds. The molecule has 0 aliphatic rings. The Labute approximate surface area is 140 Å². The number of nitrogens with one attached hydrogen (secondary N) is 1. The smallest absolute Gasteiger partial charge is 0.119 e. The molecule has 2 aromatic rings. The highest BCUT2D eigenvalue weighted by atomic mass is 16.5. The van der Waals surface area contributed by atoms with Crippen LogP contribution >= 0.6 is 0 Å². The number of aryl methyl sites for hydroxylation is 1. The van der Waals surface area contributed by atoms with Crippen LogP contribution in [0.25, 0.3) is 0 Å². The summed E-state index contributed by atoms with van der Waals surface area (Å²) in [6.45, 7) is 6.05. The van der Waals surface area contributed by atoms with Gasteiger partial charge in [0, 0.05) is 12.2 Å². The number of benzene rings is 2. The molecule has 0 bridgehead atoms. The van der Waals surface area contributed by atoms with Gasteiger partial charge in [0.1, 0.15) is 5.75 Å². The number of hydrogen-bond acceptors (Lipinski definition) is 2. The molecule has 0 aliphatic heterocycles. The largest absolute Gasteiger partial charge is 0.494 e. The van der Waals surface area contributed by atoms with Gasteiger partial charge in [-0.25, -0.2) is 0 Å². The van der Waals surface area contributed by atoms with Crippen molar-refractivity contribution in [2.45, 2.75) is 52.5 Å². The van der Waals surface area contributed by atoms with Gasteiger partial charge >= 0.3 is 0 Å². The summed E-state index contributed by atoms with van der Waals surface area (Å²) in [4.78, 5) is 0. The van der Waals surface area contributed by atoms with E-state index in [1.807, 2.05) is 0 Å². The fraction of sp³-hybridized carbons (Fsp3) is 0.429. The van der Waals surface area contributed by atoms with E-state index < -0.39 is 0 Å². The maximum Gasteiger partial charge on any atom is 0.119 e. The van der Waals surface area contributed by atoms with E-state index in [0.29, 0.717) is 0 Å². The van der Waals surface area contributed by atoms with Crippen molar-refractivity contribution in [2.24, 2.45) is 0 Å². The Morgan fingerprint density at radius 1 is 0.783 bits per heavy atom. The number of anilines is 1. The molecule has 124 valence electrons. The number of hydrogen-bond donors (Lipinski definition) is 1. The molecule has 23 heavy (non-hydrogen) atoms. The van der Waals surface area contributed by atoms with Gasteiger partial charge in [-0.15, -0.1) is 0 Å². The first kappa shape index (κ1) is 17.4. The average molecular weight is 311 g/mol. The molecular formula is C21H29NO. The number of rotatable bonds is 10. The zero-order chi connectivity index (χ0) is 16.3. The molecule has 2 nitrogen and oxygen atoms in total. The lowest BCUT2D eigenvalue weighted by Gasteiger charge is -2.09. The van der Waals surface area contributed by atoms with Crippen molar-refractivity contribution in [3.63, 3.8) is 0 Å². The van der Waals surface area contributed by atoms with Crippen LogP contribution < -0.4 is 10.1 Å². The highest BCUT2D eigenvalue weighted by Crippen LogP contribution is 2.16. The van der Waals surface area contributed by atoms with Crippen molar-refractivity contribution < 1.29 is 4.74 Å². The highest BCUT2D eigenvalue weighted by molar-refractivity contribution is 5.45. The van der Waals surface area contributed by atoms with Gasteiger partial charge in [0.25, 0.3) is 0 Å². The van der Waals surface area contributed by atoms with E-state index in [0.717, 1.165) is 25.3 Å². The summed E-state index contributed by atoms with van der Waals surface area (Å²) in [6, 6.07) is 17.2. The lowest BCUT2D eigenvalue weighted by molar-refractivity contribution is 0.309. The Hall–Kier alpha value is -1.96. The first-order valence-corrected chi connectivity index (χ1v) is 8.86. The third-order valence-electron chi connectivity index (χ3n) is 3.96. The fourth-order valence-electron chi connectivity index (χ4n) is 2.41. The quantitative estimate of drug-likeness (QED) is 0.558. The maximum atomic E-state index is 5.69. The number of unbranched alkanes of at least 4 members (excludes halogenated alkanes) is 2. The molecule has 0 aliphatic carbocycles. The molecule has 0 aromatic heterocycles. The molecule has 2 heteroatoms. The van der Waals surface area contributed by atoms with Crippen LogP contribution in [0.1, 0.15) is 50.7 Å². The minimum absolute atomic E-state index is 0.804. The van der Waals surface area contributed by atoms with Crippen molar-refractivity contribution >= 4 is 5.69 Å². The molecule has 2 rings (SSSR count). The van der Waals surface area contributed by atoms with E-state index in [9.17, 15) is 0 Å². The molecule has 0 atom stereocenters. The van der Waals surface area contributed by atoms with Crippen molar-refractivity contribution in [3.05, 3.63) is 59.7 Å². The van der Waals surface area contributed by atoms with E-state index in [1.165, 1.54) is 42.5 Å². The first-order chi connectivity index (χ1) is 11.3. The van der Waals surface area contributed by atoms with Crippen LogP contribution in [0.2, 0.25) is 0 Å². The zero-order valence-corrected chi connectivity index (χ0v) is 14.5. The standard InChI is InChI=1S/C21H29NO/c1-3-5-7-18-8-12-20(13-9-18)22-17-19-10-14-21(15-11-19)23-16-6-4-2/h8-15,22H,3-7,16-17H2,1-2H3. The minimum Gasteiger partial charge on any atom is -0.494 e. The molecule has 0 radical (unpaired) electrons. The Morgan fingerprint density at radius 2 is 1.43 bits per heavy atom.